The molecule has 0 N–H and O–H groups in total. The van der Waals surface area contributed by atoms with E-state index < -0.39 is 17.7 Å². The van der Waals surface area contributed by atoms with Crippen LogP contribution in [0.25, 0.3) is 0 Å². The third kappa shape index (κ3) is 4.02. The van der Waals surface area contributed by atoms with E-state index >= 15 is 0 Å². The van der Waals surface area contributed by atoms with Gasteiger partial charge in [-0.2, -0.15) is 0 Å². The number of halogens is 2. The van der Waals surface area contributed by atoms with E-state index in [1.54, 1.807) is 13.8 Å². The maximum absolute atomic E-state index is 13.4. The molecule has 1 rings (SSSR count). The molecule has 0 bridgehead atoms. The fourth-order valence-electron chi connectivity index (χ4n) is 1.53. The number of likely N-dealkylation sites (N-methyl/N-ethyl adjacent to an activating group) is 1. The number of nitrogens with zero attached hydrogens (tertiary/aromatic N) is 1. The van der Waals surface area contributed by atoms with E-state index in [0.29, 0.717) is 6.54 Å². The molecule has 0 unspecified atom stereocenters. The number of hydrogen-bond acceptors (Lipinski definition) is 3. The van der Waals surface area contributed by atoms with E-state index in [2.05, 4.69) is 15.9 Å². The minimum atomic E-state index is -0.516. The van der Waals surface area contributed by atoms with Crippen LogP contribution in [0.4, 0.5) is 4.39 Å². The molecule has 19 heavy (non-hydrogen) atoms. The van der Waals surface area contributed by atoms with Gasteiger partial charge in [0.05, 0.1) is 16.6 Å². The second-order valence-corrected chi connectivity index (χ2v) is 4.52. The fraction of sp³-hybridized carbons (Fsp3) is 0.385. The number of amides is 1. The lowest BCUT2D eigenvalue weighted by molar-refractivity contribution is -0.143. The summed E-state index contributed by atoms with van der Waals surface area (Å²) < 4.78 is 18.3. The maximum atomic E-state index is 13.4. The molecule has 0 heterocycles. The lowest BCUT2D eigenvalue weighted by atomic mass is 10.2. The minimum Gasteiger partial charge on any atom is -0.465 e. The first-order valence-electron chi connectivity index (χ1n) is 5.90. The Kier molecular flexibility index (Phi) is 5.95. The Hall–Kier alpha value is -1.43. The lowest BCUT2D eigenvalue weighted by Crippen LogP contribution is -2.36. The number of esters is 1. The highest BCUT2D eigenvalue weighted by Gasteiger charge is 2.21. The summed E-state index contributed by atoms with van der Waals surface area (Å²) in [5.41, 5.74) is 0.186. The molecule has 1 aromatic rings. The minimum absolute atomic E-state index is 0.0994. The van der Waals surface area contributed by atoms with Gasteiger partial charge in [0.2, 0.25) is 0 Å². The summed E-state index contributed by atoms with van der Waals surface area (Å²) in [4.78, 5) is 24.9. The molecule has 0 saturated carbocycles. The first-order valence-corrected chi connectivity index (χ1v) is 6.69. The molecular weight excluding hydrogens is 317 g/mol. The zero-order chi connectivity index (χ0) is 14.4. The highest BCUT2D eigenvalue weighted by molar-refractivity contribution is 9.10. The number of hydrogen-bond donors (Lipinski definition) is 0. The number of ether oxygens (including phenoxy) is 1. The molecule has 0 aromatic heterocycles. The topological polar surface area (TPSA) is 46.6 Å². The van der Waals surface area contributed by atoms with Gasteiger partial charge in [-0.3, -0.25) is 9.59 Å². The number of carbonyl (C=O) groups is 2. The summed E-state index contributed by atoms with van der Waals surface area (Å²) in [6.45, 7) is 3.88. The second-order valence-electron chi connectivity index (χ2n) is 3.73. The number of carbonyl (C=O) groups excluding carboxylic acids is 2. The molecule has 0 aliphatic rings. The van der Waals surface area contributed by atoms with Crippen LogP contribution in [0.2, 0.25) is 0 Å². The highest BCUT2D eigenvalue weighted by Crippen LogP contribution is 2.21. The van der Waals surface area contributed by atoms with Crippen molar-refractivity contribution in [3.8, 4) is 0 Å². The third-order valence-electron chi connectivity index (χ3n) is 2.48. The van der Waals surface area contributed by atoms with Crippen molar-refractivity contribution in [3.05, 3.63) is 34.1 Å². The summed E-state index contributed by atoms with van der Waals surface area (Å²) in [6.07, 6.45) is 0. The summed E-state index contributed by atoms with van der Waals surface area (Å²) in [5.74, 6) is -1.41. The highest BCUT2D eigenvalue weighted by atomic mass is 79.9. The first-order chi connectivity index (χ1) is 9.01. The first kappa shape index (κ1) is 15.6. The maximum Gasteiger partial charge on any atom is 0.325 e. The average Bonchev–Trinajstić information content (AvgIpc) is 2.39. The van der Waals surface area contributed by atoms with Crippen LogP contribution >= 0.6 is 15.9 Å². The van der Waals surface area contributed by atoms with Crippen molar-refractivity contribution >= 4 is 27.8 Å². The number of benzene rings is 1. The normalized spacial score (nSPS) is 10.1. The molecule has 0 fully saturated rings. The van der Waals surface area contributed by atoms with Crippen LogP contribution < -0.4 is 0 Å². The Bertz CT molecular complexity index is 479. The van der Waals surface area contributed by atoms with Crippen molar-refractivity contribution in [2.24, 2.45) is 0 Å². The van der Waals surface area contributed by atoms with E-state index in [1.807, 2.05) is 0 Å². The van der Waals surface area contributed by atoms with Gasteiger partial charge in [0.25, 0.3) is 5.91 Å². The molecule has 1 amide bonds. The summed E-state index contributed by atoms with van der Waals surface area (Å²) in [5, 5.41) is 0. The van der Waals surface area contributed by atoms with Gasteiger partial charge in [-0.25, -0.2) is 4.39 Å². The molecule has 0 aliphatic heterocycles. The molecule has 0 radical (unpaired) electrons. The van der Waals surface area contributed by atoms with Crippen LogP contribution in [0.3, 0.4) is 0 Å². The smallest absolute Gasteiger partial charge is 0.325 e. The van der Waals surface area contributed by atoms with Crippen LogP contribution in [-0.4, -0.2) is 36.5 Å². The lowest BCUT2D eigenvalue weighted by Gasteiger charge is -2.20. The van der Waals surface area contributed by atoms with Gasteiger partial charge < -0.3 is 9.64 Å². The predicted octanol–water partition coefficient (Wildman–Crippen LogP) is 2.61. The van der Waals surface area contributed by atoms with Crippen LogP contribution in [0.5, 0.6) is 0 Å². The van der Waals surface area contributed by atoms with Gasteiger partial charge in [-0.1, -0.05) is 6.07 Å². The second kappa shape index (κ2) is 7.23. The van der Waals surface area contributed by atoms with E-state index in [-0.39, 0.29) is 23.2 Å². The van der Waals surface area contributed by atoms with Gasteiger partial charge in [-0.15, -0.1) is 0 Å². The van der Waals surface area contributed by atoms with Crippen LogP contribution in [0.1, 0.15) is 24.2 Å². The molecule has 0 atom stereocenters. The van der Waals surface area contributed by atoms with Gasteiger partial charge in [0, 0.05) is 6.54 Å². The third-order valence-corrected chi connectivity index (χ3v) is 3.28. The standard InChI is InChI=1S/C13H15BrFNO3/c1-3-16(8-11(17)19-4-2)13(18)9-6-5-7-10(15)12(9)14/h5-7H,3-4,8H2,1-2H3. The quantitative estimate of drug-likeness (QED) is 0.779. The molecule has 0 saturated heterocycles. The molecular formula is C13H15BrFNO3. The predicted molar refractivity (Wildman–Crippen MR) is 72.3 cm³/mol. The monoisotopic (exact) mass is 331 g/mol. The van der Waals surface area contributed by atoms with E-state index in [9.17, 15) is 14.0 Å². The van der Waals surface area contributed by atoms with Gasteiger partial charge >= 0.3 is 5.97 Å². The van der Waals surface area contributed by atoms with Crippen molar-refractivity contribution in [3.63, 3.8) is 0 Å². The van der Waals surface area contributed by atoms with Crippen molar-refractivity contribution in [2.45, 2.75) is 13.8 Å². The Morgan fingerprint density at radius 3 is 2.63 bits per heavy atom. The van der Waals surface area contributed by atoms with Crippen molar-refractivity contribution in [1.29, 1.82) is 0 Å². The van der Waals surface area contributed by atoms with Crippen LogP contribution in [0, 0.1) is 5.82 Å². The average molecular weight is 332 g/mol. The van der Waals surface area contributed by atoms with Gasteiger partial charge in [0.15, 0.2) is 0 Å². The molecule has 0 spiro atoms. The Morgan fingerprint density at radius 1 is 1.37 bits per heavy atom. The summed E-state index contributed by atoms with van der Waals surface area (Å²) in [6, 6.07) is 4.21. The number of rotatable bonds is 5. The summed E-state index contributed by atoms with van der Waals surface area (Å²) >= 11 is 3.04. The largest absolute Gasteiger partial charge is 0.465 e. The van der Waals surface area contributed by atoms with E-state index in [4.69, 9.17) is 4.74 Å². The van der Waals surface area contributed by atoms with E-state index in [1.165, 1.54) is 23.1 Å². The molecule has 1 aromatic carbocycles. The van der Waals surface area contributed by atoms with Gasteiger partial charge in [-0.05, 0) is 41.9 Å². The SMILES string of the molecule is CCOC(=O)CN(CC)C(=O)c1cccc(F)c1Br. The zero-order valence-corrected chi connectivity index (χ0v) is 12.4. The molecule has 104 valence electrons. The molecule has 6 heteroatoms. The van der Waals surface area contributed by atoms with Crippen molar-refractivity contribution < 1.29 is 18.7 Å². The zero-order valence-electron chi connectivity index (χ0n) is 10.8. The summed E-state index contributed by atoms with van der Waals surface area (Å²) in [7, 11) is 0. The molecule has 0 aliphatic carbocycles. The van der Waals surface area contributed by atoms with Crippen LogP contribution in [0.15, 0.2) is 22.7 Å². The Morgan fingerprint density at radius 2 is 2.05 bits per heavy atom. The van der Waals surface area contributed by atoms with Gasteiger partial charge in [0.1, 0.15) is 12.4 Å². The Labute approximate surface area is 119 Å². The fourth-order valence-corrected chi connectivity index (χ4v) is 1.96. The molecule has 4 nitrogen and oxygen atoms in total. The Balaban J connectivity index is 2.89. The van der Waals surface area contributed by atoms with Crippen molar-refractivity contribution in [1.82, 2.24) is 4.90 Å². The van der Waals surface area contributed by atoms with E-state index in [0.717, 1.165) is 0 Å². The van der Waals surface area contributed by atoms with Crippen LogP contribution in [-0.2, 0) is 9.53 Å². The van der Waals surface area contributed by atoms with Crippen molar-refractivity contribution in [2.75, 3.05) is 19.7 Å².